The molecule has 0 spiro atoms. The van der Waals surface area contributed by atoms with Crippen molar-refractivity contribution in [3.63, 3.8) is 0 Å². The molecule has 1 aromatic carbocycles. The lowest BCUT2D eigenvalue weighted by Crippen LogP contribution is -3.14. The second-order valence-electron chi connectivity index (χ2n) is 8.41. The third kappa shape index (κ3) is 4.52. The summed E-state index contributed by atoms with van der Waals surface area (Å²) in [6.45, 7) is 6.72. The highest BCUT2D eigenvalue weighted by molar-refractivity contribution is 5.79. The normalized spacial score (nSPS) is 25.8. The van der Waals surface area contributed by atoms with Crippen LogP contribution < -0.4 is 14.4 Å². The molecule has 2 heterocycles. The van der Waals surface area contributed by atoms with Crippen molar-refractivity contribution in [2.24, 2.45) is 5.92 Å². The number of quaternary nitrogens is 1. The Hall–Kier alpha value is -2.01. The van der Waals surface area contributed by atoms with Crippen molar-refractivity contribution in [1.29, 1.82) is 0 Å². The fourth-order valence-electron chi connectivity index (χ4n) is 4.88. The van der Waals surface area contributed by atoms with Crippen molar-refractivity contribution >= 4 is 5.91 Å². The summed E-state index contributed by atoms with van der Waals surface area (Å²) in [5.41, 5.74) is 1.01. The molecule has 1 aliphatic carbocycles. The standard InChI is InChI=1S/C23H32N2O3/c1-2-24-12-6-9-20(24)16-25(15-18-7-4-3-5-8-18)23(26)14-19-10-11-21-22(13-19)28-17-27-21/h3-4,10-11,13,18,20H,2,5-9,12,14-17H2,1H3/p+1/t18-,20-/m0/s1. The Labute approximate surface area is 168 Å². The van der Waals surface area contributed by atoms with E-state index in [4.69, 9.17) is 9.47 Å². The lowest BCUT2D eigenvalue weighted by Gasteiger charge is -2.32. The highest BCUT2D eigenvalue weighted by Gasteiger charge is 2.31. The van der Waals surface area contributed by atoms with Gasteiger partial charge in [0, 0.05) is 19.4 Å². The third-order valence-corrected chi connectivity index (χ3v) is 6.52. The minimum atomic E-state index is 0.246. The number of hydrogen-bond acceptors (Lipinski definition) is 3. The molecule has 0 aromatic heterocycles. The summed E-state index contributed by atoms with van der Waals surface area (Å²) >= 11 is 0. The van der Waals surface area contributed by atoms with Crippen LogP contribution in [0.4, 0.5) is 0 Å². The Morgan fingerprint density at radius 2 is 2.07 bits per heavy atom. The van der Waals surface area contributed by atoms with Gasteiger partial charge in [-0.2, -0.15) is 0 Å². The predicted octanol–water partition coefficient (Wildman–Crippen LogP) is 2.21. The van der Waals surface area contributed by atoms with Crippen LogP contribution in [0.3, 0.4) is 0 Å². The van der Waals surface area contributed by atoms with Crippen molar-refractivity contribution in [1.82, 2.24) is 4.90 Å². The van der Waals surface area contributed by atoms with Gasteiger partial charge in [0.25, 0.3) is 0 Å². The zero-order valence-electron chi connectivity index (χ0n) is 17.0. The Morgan fingerprint density at radius 3 is 2.89 bits per heavy atom. The van der Waals surface area contributed by atoms with Crippen LogP contribution in [0.1, 0.15) is 44.6 Å². The maximum absolute atomic E-state index is 13.3. The van der Waals surface area contributed by atoms with Crippen LogP contribution in [-0.4, -0.2) is 49.8 Å². The summed E-state index contributed by atoms with van der Waals surface area (Å²) in [5, 5.41) is 0. The SMILES string of the molecule is CC[NH+]1CCC[C@H]1CN(C[C@H]1CC=CCC1)C(=O)Cc1ccc2c(c1)OCO2. The van der Waals surface area contributed by atoms with E-state index in [0.29, 0.717) is 18.4 Å². The molecular formula is C23H33N2O3+. The van der Waals surface area contributed by atoms with Crippen molar-refractivity contribution in [2.45, 2.75) is 51.5 Å². The van der Waals surface area contributed by atoms with Gasteiger partial charge in [0.1, 0.15) is 6.04 Å². The van der Waals surface area contributed by atoms with Gasteiger partial charge in [0.05, 0.1) is 26.1 Å². The number of nitrogens with one attached hydrogen (secondary N) is 1. The second-order valence-corrected chi connectivity index (χ2v) is 8.41. The number of amides is 1. The van der Waals surface area contributed by atoms with E-state index < -0.39 is 0 Å². The topological polar surface area (TPSA) is 43.2 Å². The molecular weight excluding hydrogens is 352 g/mol. The van der Waals surface area contributed by atoms with E-state index in [9.17, 15) is 4.79 Å². The average molecular weight is 386 g/mol. The summed E-state index contributed by atoms with van der Waals surface area (Å²) in [5.74, 6) is 2.37. The number of fused-ring (bicyclic) bond motifs is 1. The number of likely N-dealkylation sites (N-methyl/N-ethyl adjacent to an activating group) is 1. The van der Waals surface area contributed by atoms with Gasteiger partial charge in [-0.25, -0.2) is 0 Å². The molecule has 28 heavy (non-hydrogen) atoms. The van der Waals surface area contributed by atoms with Gasteiger partial charge in [-0.3, -0.25) is 4.79 Å². The number of ether oxygens (including phenoxy) is 2. The Balaban J connectivity index is 1.44. The summed E-state index contributed by atoms with van der Waals surface area (Å²) in [7, 11) is 0. The predicted molar refractivity (Wildman–Crippen MR) is 109 cm³/mol. The fourth-order valence-corrected chi connectivity index (χ4v) is 4.88. The van der Waals surface area contributed by atoms with E-state index in [0.717, 1.165) is 49.5 Å². The summed E-state index contributed by atoms with van der Waals surface area (Å²) in [4.78, 5) is 17.1. The smallest absolute Gasteiger partial charge is 0.231 e. The highest BCUT2D eigenvalue weighted by Crippen LogP contribution is 2.32. The molecule has 1 saturated heterocycles. The van der Waals surface area contributed by atoms with Crippen LogP contribution in [0, 0.1) is 5.92 Å². The minimum Gasteiger partial charge on any atom is -0.454 e. The first-order valence-corrected chi connectivity index (χ1v) is 10.9. The summed E-state index contributed by atoms with van der Waals surface area (Å²) in [6, 6.07) is 6.46. The molecule has 152 valence electrons. The van der Waals surface area contributed by atoms with E-state index in [1.165, 1.54) is 25.8 Å². The molecule has 3 atom stereocenters. The molecule has 4 rings (SSSR count). The first kappa shape index (κ1) is 19.3. The first-order chi connectivity index (χ1) is 13.7. The maximum atomic E-state index is 13.3. The van der Waals surface area contributed by atoms with Crippen LogP contribution in [-0.2, 0) is 11.2 Å². The molecule has 1 N–H and O–H groups in total. The van der Waals surface area contributed by atoms with Gasteiger partial charge in [-0.05, 0) is 49.8 Å². The van der Waals surface area contributed by atoms with Crippen LogP contribution in [0.5, 0.6) is 11.5 Å². The number of allylic oxidation sites excluding steroid dienone is 2. The number of carbonyl (C=O) groups excluding carboxylic acids is 1. The van der Waals surface area contributed by atoms with E-state index in [2.05, 4.69) is 24.0 Å². The molecule has 0 saturated carbocycles. The third-order valence-electron chi connectivity index (χ3n) is 6.52. The molecule has 5 nitrogen and oxygen atoms in total. The van der Waals surface area contributed by atoms with E-state index in [1.54, 1.807) is 4.90 Å². The number of benzene rings is 1. The van der Waals surface area contributed by atoms with Crippen molar-refractivity contribution in [2.75, 3.05) is 33.0 Å². The number of rotatable bonds is 7. The molecule has 0 radical (unpaired) electrons. The van der Waals surface area contributed by atoms with Gasteiger partial charge in [0.2, 0.25) is 12.7 Å². The molecule has 5 heteroatoms. The Morgan fingerprint density at radius 1 is 1.18 bits per heavy atom. The van der Waals surface area contributed by atoms with Gasteiger partial charge in [-0.1, -0.05) is 18.2 Å². The average Bonchev–Trinajstić information content (AvgIpc) is 3.36. The van der Waals surface area contributed by atoms with Crippen molar-refractivity contribution in [3.05, 3.63) is 35.9 Å². The van der Waals surface area contributed by atoms with Crippen LogP contribution in [0.25, 0.3) is 0 Å². The van der Waals surface area contributed by atoms with Gasteiger partial charge in [0.15, 0.2) is 11.5 Å². The second kappa shape index (κ2) is 8.99. The van der Waals surface area contributed by atoms with Gasteiger partial charge >= 0.3 is 0 Å². The van der Waals surface area contributed by atoms with Crippen molar-refractivity contribution in [3.8, 4) is 11.5 Å². The van der Waals surface area contributed by atoms with Crippen LogP contribution >= 0.6 is 0 Å². The molecule has 2 aliphatic heterocycles. The zero-order chi connectivity index (χ0) is 19.3. The molecule has 1 amide bonds. The van der Waals surface area contributed by atoms with E-state index in [1.807, 2.05) is 18.2 Å². The molecule has 1 fully saturated rings. The number of nitrogens with zero attached hydrogens (tertiary/aromatic N) is 1. The van der Waals surface area contributed by atoms with E-state index in [-0.39, 0.29) is 12.7 Å². The molecule has 1 aromatic rings. The minimum absolute atomic E-state index is 0.246. The summed E-state index contributed by atoms with van der Waals surface area (Å²) in [6.07, 6.45) is 11.0. The quantitative estimate of drug-likeness (QED) is 0.732. The molecule has 0 bridgehead atoms. The monoisotopic (exact) mass is 385 g/mol. The Kier molecular flexibility index (Phi) is 6.20. The van der Waals surface area contributed by atoms with Crippen molar-refractivity contribution < 1.29 is 19.2 Å². The Bertz CT molecular complexity index is 718. The highest BCUT2D eigenvalue weighted by atomic mass is 16.7. The zero-order valence-corrected chi connectivity index (χ0v) is 17.0. The number of carbonyl (C=O) groups is 1. The van der Waals surface area contributed by atoms with Gasteiger partial charge in [-0.15, -0.1) is 0 Å². The molecule has 1 unspecified atom stereocenters. The first-order valence-electron chi connectivity index (χ1n) is 10.9. The van der Waals surface area contributed by atoms with Crippen LogP contribution in [0.15, 0.2) is 30.4 Å². The number of hydrogen-bond donors (Lipinski definition) is 1. The molecule has 3 aliphatic rings. The largest absolute Gasteiger partial charge is 0.454 e. The lowest BCUT2D eigenvalue weighted by atomic mass is 9.93. The lowest BCUT2D eigenvalue weighted by molar-refractivity contribution is -0.909. The van der Waals surface area contributed by atoms with Gasteiger partial charge < -0.3 is 19.3 Å². The maximum Gasteiger partial charge on any atom is 0.231 e. The fraction of sp³-hybridized carbons (Fsp3) is 0.609. The number of likely N-dealkylation sites (tertiary alicyclic amines) is 1. The van der Waals surface area contributed by atoms with E-state index >= 15 is 0 Å². The summed E-state index contributed by atoms with van der Waals surface area (Å²) < 4.78 is 10.9. The van der Waals surface area contributed by atoms with Crippen LogP contribution in [0.2, 0.25) is 0 Å².